The molecular weight excluding hydrogens is 253 g/mol. The lowest BCUT2D eigenvalue weighted by molar-refractivity contribution is 0.196. The number of benzene rings is 1. The second-order valence-corrected chi connectivity index (χ2v) is 6.30. The van der Waals surface area contributed by atoms with Crippen LogP contribution < -0.4 is 4.90 Å². The minimum absolute atomic E-state index is 0.186. The summed E-state index contributed by atoms with van der Waals surface area (Å²) >= 11 is 0. The third kappa shape index (κ3) is 2.44. The first kappa shape index (κ1) is 13.9. The smallest absolute Gasteiger partial charge is 0.146 e. The van der Waals surface area contributed by atoms with Gasteiger partial charge in [0.2, 0.25) is 0 Å². The molecule has 1 saturated carbocycles. The molecule has 3 heteroatoms. The zero-order chi connectivity index (χ0) is 14.1. The molecule has 1 aromatic carbocycles. The van der Waals surface area contributed by atoms with E-state index in [2.05, 4.69) is 4.90 Å². The molecule has 1 heterocycles. The van der Waals surface area contributed by atoms with E-state index < -0.39 is 6.10 Å². The lowest BCUT2D eigenvalue weighted by Crippen LogP contribution is -2.47. The molecule has 1 N–H and O–H groups in total. The molecule has 0 amide bonds. The fourth-order valence-corrected chi connectivity index (χ4v) is 4.07. The van der Waals surface area contributed by atoms with Crippen molar-refractivity contribution in [2.75, 3.05) is 11.4 Å². The second-order valence-electron chi connectivity index (χ2n) is 6.30. The van der Waals surface area contributed by atoms with Crippen LogP contribution in [0.15, 0.2) is 18.2 Å². The number of rotatable bonds is 2. The summed E-state index contributed by atoms with van der Waals surface area (Å²) in [5, 5.41) is 9.96. The number of hydrogen-bond acceptors (Lipinski definition) is 2. The van der Waals surface area contributed by atoms with Crippen molar-refractivity contribution in [3.05, 3.63) is 29.6 Å². The van der Waals surface area contributed by atoms with Crippen molar-refractivity contribution in [2.24, 2.45) is 5.92 Å². The van der Waals surface area contributed by atoms with Gasteiger partial charge < -0.3 is 10.0 Å². The summed E-state index contributed by atoms with van der Waals surface area (Å²) in [4.78, 5) is 2.25. The average Bonchev–Trinajstić information content (AvgIpc) is 2.46. The maximum Gasteiger partial charge on any atom is 0.146 e. The summed E-state index contributed by atoms with van der Waals surface area (Å²) in [5.41, 5.74) is 1.38. The lowest BCUT2D eigenvalue weighted by Gasteiger charge is -2.46. The van der Waals surface area contributed by atoms with E-state index in [1.807, 2.05) is 6.07 Å². The molecule has 2 aliphatic rings. The van der Waals surface area contributed by atoms with Gasteiger partial charge >= 0.3 is 0 Å². The Morgan fingerprint density at radius 1 is 1.20 bits per heavy atom. The Labute approximate surface area is 120 Å². The van der Waals surface area contributed by atoms with Gasteiger partial charge in [0, 0.05) is 18.2 Å². The van der Waals surface area contributed by atoms with Gasteiger partial charge in [0.25, 0.3) is 0 Å². The molecule has 1 saturated heterocycles. The van der Waals surface area contributed by atoms with Crippen LogP contribution in [0, 0.1) is 11.7 Å². The van der Waals surface area contributed by atoms with Gasteiger partial charge in [-0.2, -0.15) is 0 Å². The van der Waals surface area contributed by atoms with E-state index in [4.69, 9.17) is 0 Å². The molecule has 0 bridgehead atoms. The zero-order valence-electron chi connectivity index (χ0n) is 12.2. The van der Waals surface area contributed by atoms with E-state index in [0.717, 1.165) is 24.9 Å². The highest BCUT2D eigenvalue weighted by Crippen LogP contribution is 2.40. The van der Waals surface area contributed by atoms with Crippen LogP contribution in [-0.4, -0.2) is 17.7 Å². The topological polar surface area (TPSA) is 23.5 Å². The van der Waals surface area contributed by atoms with E-state index in [1.54, 1.807) is 13.0 Å². The van der Waals surface area contributed by atoms with Gasteiger partial charge in [-0.25, -0.2) is 4.39 Å². The summed E-state index contributed by atoms with van der Waals surface area (Å²) in [6.07, 6.45) is 6.79. The van der Waals surface area contributed by atoms with Crippen LogP contribution in [-0.2, 0) is 0 Å². The Morgan fingerprint density at radius 3 is 2.75 bits per heavy atom. The van der Waals surface area contributed by atoms with Crippen LogP contribution in [0.3, 0.4) is 0 Å². The molecule has 0 unspecified atom stereocenters. The molecule has 2 nitrogen and oxygen atoms in total. The number of anilines is 1. The van der Waals surface area contributed by atoms with Gasteiger partial charge in [-0.3, -0.25) is 0 Å². The van der Waals surface area contributed by atoms with Gasteiger partial charge in [0.05, 0.1) is 11.8 Å². The maximum absolute atomic E-state index is 14.4. The maximum atomic E-state index is 14.4. The van der Waals surface area contributed by atoms with E-state index in [-0.39, 0.29) is 5.82 Å². The summed E-state index contributed by atoms with van der Waals surface area (Å²) in [7, 11) is 0. The SMILES string of the molecule is C[C@H](O)c1cccc(F)c1N1CCC[C@H]2CCCC[C@H]21. The number of piperidine rings is 1. The molecule has 0 radical (unpaired) electrons. The fourth-order valence-electron chi connectivity index (χ4n) is 4.07. The minimum atomic E-state index is -0.621. The van der Waals surface area contributed by atoms with Crippen molar-refractivity contribution in [3.8, 4) is 0 Å². The van der Waals surface area contributed by atoms with Crippen LogP contribution in [0.25, 0.3) is 0 Å². The molecule has 0 aromatic heterocycles. The number of fused-ring (bicyclic) bond motifs is 1. The van der Waals surface area contributed by atoms with Gasteiger partial charge in [-0.05, 0) is 44.6 Å². The van der Waals surface area contributed by atoms with Crippen LogP contribution in [0.5, 0.6) is 0 Å². The summed E-state index contributed by atoms with van der Waals surface area (Å²) in [6.45, 7) is 2.64. The number of nitrogens with zero attached hydrogens (tertiary/aromatic N) is 1. The fraction of sp³-hybridized carbons (Fsp3) is 0.647. The Kier molecular flexibility index (Phi) is 3.97. The largest absolute Gasteiger partial charge is 0.389 e. The highest BCUT2D eigenvalue weighted by Gasteiger charge is 2.35. The Balaban J connectivity index is 1.98. The Bertz CT molecular complexity index is 472. The molecule has 1 aliphatic carbocycles. The quantitative estimate of drug-likeness (QED) is 0.882. The van der Waals surface area contributed by atoms with Crippen LogP contribution in [0.1, 0.15) is 57.1 Å². The zero-order valence-corrected chi connectivity index (χ0v) is 12.2. The van der Waals surface area contributed by atoms with Crippen molar-refractivity contribution >= 4 is 5.69 Å². The first-order valence-electron chi connectivity index (χ1n) is 7.91. The number of para-hydroxylation sites is 1. The average molecular weight is 277 g/mol. The van der Waals surface area contributed by atoms with Gasteiger partial charge in [-0.1, -0.05) is 25.0 Å². The predicted octanol–water partition coefficient (Wildman–Crippen LogP) is 4.04. The normalized spacial score (nSPS) is 28.1. The summed E-state index contributed by atoms with van der Waals surface area (Å²) in [6, 6.07) is 5.54. The van der Waals surface area contributed by atoms with Crippen LogP contribution >= 0.6 is 0 Å². The number of aliphatic hydroxyl groups is 1. The third-order valence-corrected chi connectivity index (χ3v) is 5.00. The Morgan fingerprint density at radius 2 is 1.95 bits per heavy atom. The first-order chi connectivity index (χ1) is 9.68. The lowest BCUT2D eigenvalue weighted by atomic mass is 9.78. The van der Waals surface area contributed by atoms with Crippen molar-refractivity contribution in [2.45, 2.75) is 57.6 Å². The van der Waals surface area contributed by atoms with Crippen LogP contribution in [0.2, 0.25) is 0 Å². The van der Waals surface area contributed by atoms with Crippen molar-refractivity contribution in [3.63, 3.8) is 0 Å². The highest BCUT2D eigenvalue weighted by atomic mass is 19.1. The number of halogens is 1. The minimum Gasteiger partial charge on any atom is -0.389 e. The van der Waals surface area contributed by atoms with Crippen LogP contribution in [0.4, 0.5) is 10.1 Å². The molecule has 0 spiro atoms. The second kappa shape index (κ2) is 5.72. The van der Waals surface area contributed by atoms with Gasteiger partial charge in [-0.15, -0.1) is 0 Å². The van der Waals surface area contributed by atoms with E-state index in [9.17, 15) is 9.50 Å². The first-order valence-corrected chi connectivity index (χ1v) is 7.91. The van der Waals surface area contributed by atoms with Gasteiger partial charge in [0.1, 0.15) is 5.82 Å². The van der Waals surface area contributed by atoms with Gasteiger partial charge in [0.15, 0.2) is 0 Å². The molecule has 20 heavy (non-hydrogen) atoms. The molecule has 110 valence electrons. The monoisotopic (exact) mass is 277 g/mol. The molecule has 2 fully saturated rings. The van der Waals surface area contributed by atoms with E-state index in [0.29, 0.717) is 17.6 Å². The number of hydrogen-bond donors (Lipinski definition) is 1. The summed E-state index contributed by atoms with van der Waals surface area (Å²) < 4.78 is 14.4. The molecule has 1 aliphatic heterocycles. The number of aliphatic hydroxyl groups excluding tert-OH is 1. The molecular formula is C17H24FNO. The third-order valence-electron chi connectivity index (χ3n) is 5.00. The van der Waals surface area contributed by atoms with Crippen molar-refractivity contribution < 1.29 is 9.50 Å². The Hall–Kier alpha value is -1.09. The van der Waals surface area contributed by atoms with E-state index in [1.165, 1.54) is 31.7 Å². The van der Waals surface area contributed by atoms with Crippen molar-refractivity contribution in [1.29, 1.82) is 0 Å². The van der Waals surface area contributed by atoms with Crippen molar-refractivity contribution in [1.82, 2.24) is 0 Å². The standard InChI is InChI=1S/C17H24FNO/c1-12(20)14-8-4-9-15(18)17(14)19-11-5-7-13-6-2-3-10-16(13)19/h4,8-9,12-13,16,20H,2-3,5-7,10-11H2,1H3/t12-,13+,16+/m0/s1. The summed E-state index contributed by atoms with van der Waals surface area (Å²) in [5.74, 6) is 0.522. The molecule has 3 rings (SSSR count). The highest BCUT2D eigenvalue weighted by molar-refractivity contribution is 5.57. The molecule has 1 aromatic rings. The predicted molar refractivity (Wildman–Crippen MR) is 79.4 cm³/mol. The van der Waals surface area contributed by atoms with E-state index >= 15 is 0 Å². The molecule has 3 atom stereocenters.